The topological polar surface area (TPSA) is 36.3 Å². The third kappa shape index (κ3) is 5.34. The van der Waals surface area contributed by atoms with Crippen LogP contribution in [0.3, 0.4) is 0 Å². The van der Waals surface area contributed by atoms with Crippen LogP contribution in [-0.2, 0) is 13.1 Å². The van der Waals surface area contributed by atoms with E-state index in [1.54, 1.807) is 12.1 Å². The van der Waals surface area contributed by atoms with E-state index in [9.17, 15) is 4.39 Å². The molecule has 1 saturated heterocycles. The van der Waals surface area contributed by atoms with Gasteiger partial charge in [-0.05, 0) is 56.2 Å². The van der Waals surface area contributed by atoms with Gasteiger partial charge in [0.15, 0.2) is 5.11 Å². The maximum Gasteiger partial charge on any atom is 0.173 e. The molecule has 1 N–H and O–H groups in total. The summed E-state index contributed by atoms with van der Waals surface area (Å²) in [5.41, 5.74) is 6.56. The highest BCUT2D eigenvalue weighted by Crippen LogP contribution is 2.22. The van der Waals surface area contributed by atoms with Crippen LogP contribution in [0.25, 0.3) is 0 Å². The molecule has 7 heteroatoms. The molecule has 0 bridgehead atoms. The van der Waals surface area contributed by atoms with E-state index in [4.69, 9.17) is 12.2 Å². The maximum absolute atomic E-state index is 13.2. The van der Waals surface area contributed by atoms with Crippen molar-refractivity contribution in [2.75, 3.05) is 31.5 Å². The largest absolute Gasteiger partial charge is 0.346 e. The van der Waals surface area contributed by atoms with Gasteiger partial charge in [-0.1, -0.05) is 42.0 Å². The highest BCUT2D eigenvalue weighted by Gasteiger charge is 2.21. The van der Waals surface area contributed by atoms with E-state index in [-0.39, 0.29) is 5.82 Å². The fourth-order valence-corrected chi connectivity index (χ4v) is 4.44. The van der Waals surface area contributed by atoms with Crippen LogP contribution >= 0.6 is 12.2 Å². The molecule has 3 aromatic rings. The lowest BCUT2D eigenvalue weighted by atomic mass is 10.1. The number of halogens is 1. The number of nitrogens with zero attached hydrogens (tertiary/aromatic N) is 4. The third-order valence-corrected chi connectivity index (χ3v) is 6.37. The van der Waals surface area contributed by atoms with Crippen LogP contribution < -0.4 is 5.32 Å². The van der Waals surface area contributed by atoms with Crippen molar-refractivity contribution >= 4 is 23.0 Å². The molecule has 2 heterocycles. The molecule has 0 saturated carbocycles. The number of nitrogens with one attached hydrogen (secondary N) is 1. The fraction of sp³-hybridized carbons (Fsp3) is 0.360. The van der Waals surface area contributed by atoms with Crippen LogP contribution in [0.2, 0.25) is 0 Å². The molecule has 168 valence electrons. The summed E-state index contributed by atoms with van der Waals surface area (Å²) in [4.78, 5) is 4.71. The number of thiocarbonyl (C=S) groups is 1. The summed E-state index contributed by atoms with van der Waals surface area (Å²) in [7, 11) is 0. The number of anilines is 1. The summed E-state index contributed by atoms with van der Waals surface area (Å²) in [6.07, 6.45) is 0. The second-order valence-corrected chi connectivity index (χ2v) is 8.90. The van der Waals surface area contributed by atoms with Crippen LogP contribution in [0.1, 0.15) is 28.1 Å². The molecule has 0 atom stereocenters. The normalized spacial score (nSPS) is 14.6. The minimum Gasteiger partial charge on any atom is -0.346 e. The van der Waals surface area contributed by atoms with Crippen molar-refractivity contribution in [3.8, 4) is 0 Å². The quantitative estimate of drug-likeness (QED) is 0.578. The van der Waals surface area contributed by atoms with E-state index in [2.05, 4.69) is 51.4 Å². The van der Waals surface area contributed by atoms with Gasteiger partial charge in [-0.3, -0.25) is 9.58 Å². The molecule has 0 amide bonds. The number of piperazine rings is 1. The van der Waals surface area contributed by atoms with Gasteiger partial charge in [0.05, 0.1) is 23.6 Å². The van der Waals surface area contributed by atoms with E-state index < -0.39 is 0 Å². The number of aryl methyl sites for hydroxylation is 2. The number of hydrogen-bond acceptors (Lipinski definition) is 3. The van der Waals surface area contributed by atoms with E-state index in [1.165, 1.54) is 23.3 Å². The zero-order chi connectivity index (χ0) is 22.7. The Morgan fingerprint density at radius 1 is 0.969 bits per heavy atom. The van der Waals surface area contributed by atoms with Crippen molar-refractivity contribution in [1.29, 1.82) is 0 Å². The van der Waals surface area contributed by atoms with Crippen molar-refractivity contribution in [2.45, 2.75) is 33.9 Å². The summed E-state index contributed by atoms with van der Waals surface area (Å²) >= 11 is 5.73. The van der Waals surface area contributed by atoms with Crippen molar-refractivity contribution in [2.24, 2.45) is 0 Å². The lowest BCUT2D eigenvalue weighted by molar-refractivity contribution is 0.177. The molecule has 1 fully saturated rings. The van der Waals surface area contributed by atoms with E-state index in [1.807, 2.05) is 18.5 Å². The first-order valence-electron chi connectivity index (χ1n) is 11.0. The smallest absolute Gasteiger partial charge is 0.173 e. The number of hydrogen-bond donors (Lipinski definition) is 1. The van der Waals surface area contributed by atoms with Crippen LogP contribution in [0.5, 0.6) is 0 Å². The average Bonchev–Trinajstić information content (AvgIpc) is 3.03. The van der Waals surface area contributed by atoms with E-state index >= 15 is 0 Å². The first kappa shape index (κ1) is 22.4. The Labute approximate surface area is 194 Å². The molecule has 2 aromatic carbocycles. The zero-order valence-electron chi connectivity index (χ0n) is 18.9. The number of benzene rings is 2. The Morgan fingerprint density at radius 3 is 2.38 bits per heavy atom. The maximum atomic E-state index is 13.2. The van der Waals surface area contributed by atoms with E-state index in [0.717, 1.165) is 60.5 Å². The Bertz CT molecular complexity index is 1080. The fourth-order valence-electron chi connectivity index (χ4n) is 4.16. The molecule has 5 nitrogen and oxygen atoms in total. The molecule has 1 aliphatic heterocycles. The molecular weight excluding hydrogens is 421 g/mol. The average molecular weight is 452 g/mol. The predicted octanol–water partition coefficient (Wildman–Crippen LogP) is 4.51. The summed E-state index contributed by atoms with van der Waals surface area (Å²) < 4.78 is 15.1. The Balaban J connectivity index is 1.34. The van der Waals surface area contributed by atoms with Crippen LogP contribution in [-0.4, -0.2) is 50.9 Å². The second-order valence-electron chi connectivity index (χ2n) is 8.51. The second kappa shape index (κ2) is 9.79. The number of aromatic nitrogens is 2. The minimum absolute atomic E-state index is 0.228. The van der Waals surface area contributed by atoms with Crippen LogP contribution in [0, 0.1) is 26.6 Å². The van der Waals surface area contributed by atoms with Gasteiger partial charge in [0.25, 0.3) is 0 Å². The van der Waals surface area contributed by atoms with Crippen molar-refractivity contribution in [3.63, 3.8) is 0 Å². The Kier molecular flexibility index (Phi) is 6.86. The van der Waals surface area contributed by atoms with Crippen molar-refractivity contribution < 1.29 is 4.39 Å². The Hall–Kier alpha value is -2.77. The van der Waals surface area contributed by atoms with Crippen molar-refractivity contribution in [3.05, 3.63) is 82.4 Å². The van der Waals surface area contributed by atoms with Crippen LogP contribution in [0.15, 0.2) is 48.5 Å². The highest BCUT2D eigenvalue weighted by atomic mass is 32.1. The lowest BCUT2D eigenvalue weighted by Gasteiger charge is -2.36. The standard InChI is InChI=1S/C25H30FN5S/c1-18-5-4-6-22(15-18)16-29-11-13-30(14-12-29)25(32)27-24-19(2)28-31(20(24)3)17-21-7-9-23(26)10-8-21/h4-10,15H,11-14,16-17H2,1-3H3,(H,27,32). The van der Waals surface area contributed by atoms with Gasteiger partial charge in [-0.2, -0.15) is 5.10 Å². The first-order chi connectivity index (χ1) is 15.4. The highest BCUT2D eigenvalue weighted by molar-refractivity contribution is 7.80. The monoisotopic (exact) mass is 451 g/mol. The van der Waals surface area contributed by atoms with E-state index in [0.29, 0.717) is 6.54 Å². The minimum atomic E-state index is -0.228. The first-order valence-corrected chi connectivity index (χ1v) is 11.4. The SMILES string of the molecule is Cc1cccc(CN2CCN(C(=S)Nc3c(C)nn(Cc4ccc(F)cc4)c3C)CC2)c1. The molecule has 0 unspecified atom stereocenters. The van der Waals surface area contributed by atoms with Gasteiger partial charge in [0.1, 0.15) is 5.82 Å². The molecule has 1 aromatic heterocycles. The molecule has 0 aliphatic carbocycles. The molecular formula is C25H30FN5S. The summed E-state index contributed by atoms with van der Waals surface area (Å²) in [6.45, 7) is 11.5. The van der Waals surface area contributed by atoms with Gasteiger partial charge in [0, 0.05) is 32.7 Å². The summed E-state index contributed by atoms with van der Waals surface area (Å²) in [5, 5.41) is 8.84. The summed E-state index contributed by atoms with van der Waals surface area (Å²) in [5.74, 6) is -0.228. The van der Waals surface area contributed by atoms with Gasteiger partial charge < -0.3 is 10.2 Å². The Morgan fingerprint density at radius 2 is 1.69 bits per heavy atom. The predicted molar refractivity (Wildman–Crippen MR) is 131 cm³/mol. The third-order valence-electron chi connectivity index (χ3n) is 6.01. The van der Waals surface area contributed by atoms with Crippen LogP contribution in [0.4, 0.5) is 10.1 Å². The zero-order valence-corrected chi connectivity index (χ0v) is 19.8. The van der Waals surface area contributed by atoms with Gasteiger partial charge in [-0.25, -0.2) is 4.39 Å². The number of rotatable bonds is 5. The van der Waals surface area contributed by atoms with Gasteiger partial charge in [-0.15, -0.1) is 0 Å². The summed E-state index contributed by atoms with van der Waals surface area (Å²) in [6, 6.07) is 15.3. The van der Waals surface area contributed by atoms with Gasteiger partial charge >= 0.3 is 0 Å². The molecule has 1 aliphatic rings. The van der Waals surface area contributed by atoms with Gasteiger partial charge in [0.2, 0.25) is 0 Å². The lowest BCUT2D eigenvalue weighted by Crippen LogP contribution is -2.49. The molecule has 0 radical (unpaired) electrons. The van der Waals surface area contributed by atoms with Crippen molar-refractivity contribution in [1.82, 2.24) is 19.6 Å². The molecule has 0 spiro atoms. The molecule has 32 heavy (non-hydrogen) atoms. The molecule has 4 rings (SSSR count).